The number of hydrogen-bond acceptors (Lipinski definition) is 1. The van der Waals surface area contributed by atoms with Crippen LogP contribution in [-0.2, 0) is 0 Å². The van der Waals surface area contributed by atoms with Gasteiger partial charge in [0, 0.05) is 17.6 Å². The Morgan fingerprint density at radius 2 is 1.89 bits per heavy atom. The molecule has 2 rings (SSSR count). The first-order valence-electron chi connectivity index (χ1n) is 6.49. The molecule has 1 fully saturated rings. The van der Waals surface area contributed by atoms with Crippen molar-refractivity contribution in [3.63, 3.8) is 0 Å². The Morgan fingerprint density at radius 1 is 1.22 bits per heavy atom. The van der Waals surface area contributed by atoms with Crippen LogP contribution in [-0.4, -0.2) is 24.0 Å². The molecule has 98 valence electrons. The van der Waals surface area contributed by atoms with Gasteiger partial charge in [-0.3, -0.25) is 0 Å². The van der Waals surface area contributed by atoms with Gasteiger partial charge < -0.3 is 10.2 Å². The Labute approximate surface area is 117 Å². The highest BCUT2D eigenvalue weighted by Gasteiger charge is 2.16. The number of amides is 2. The van der Waals surface area contributed by atoms with Crippen LogP contribution < -0.4 is 5.32 Å². The molecule has 1 saturated heterocycles. The van der Waals surface area contributed by atoms with Crippen LogP contribution in [0.5, 0.6) is 0 Å². The van der Waals surface area contributed by atoms with Crippen LogP contribution in [0, 0.1) is 6.92 Å². The molecular formula is C14H19BrN2O. The number of urea groups is 1. The highest BCUT2D eigenvalue weighted by molar-refractivity contribution is 9.10. The minimum atomic E-state index is 0.0152. The quantitative estimate of drug-likeness (QED) is 0.829. The Hall–Kier alpha value is -1.03. The zero-order valence-electron chi connectivity index (χ0n) is 10.7. The van der Waals surface area contributed by atoms with Gasteiger partial charge in [-0.1, -0.05) is 18.9 Å². The van der Waals surface area contributed by atoms with E-state index in [0.29, 0.717) is 0 Å². The second-order valence-corrected chi connectivity index (χ2v) is 5.67. The Morgan fingerprint density at radius 3 is 2.50 bits per heavy atom. The van der Waals surface area contributed by atoms with Crippen molar-refractivity contribution in [3.8, 4) is 0 Å². The standard InChI is InChI=1S/C14H19BrN2O/c1-11-6-7-13(12(15)10-11)16-14(18)17-8-4-2-3-5-9-17/h6-7,10H,2-5,8-9H2,1H3,(H,16,18). The molecule has 3 nitrogen and oxygen atoms in total. The lowest BCUT2D eigenvalue weighted by Gasteiger charge is -2.21. The molecule has 0 saturated carbocycles. The van der Waals surface area contributed by atoms with Crippen molar-refractivity contribution in [2.75, 3.05) is 18.4 Å². The van der Waals surface area contributed by atoms with Gasteiger partial charge in [-0.25, -0.2) is 4.79 Å². The van der Waals surface area contributed by atoms with E-state index >= 15 is 0 Å². The molecule has 1 aromatic carbocycles. The molecule has 1 N–H and O–H groups in total. The number of anilines is 1. The van der Waals surface area contributed by atoms with Crippen LogP contribution >= 0.6 is 15.9 Å². The molecular weight excluding hydrogens is 292 g/mol. The first-order chi connectivity index (χ1) is 8.66. The number of likely N-dealkylation sites (tertiary alicyclic amines) is 1. The third-order valence-corrected chi connectivity index (χ3v) is 3.92. The van der Waals surface area contributed by atoms with E-state index < -0.39 is 0 Å². The van der Waals surface area contributed by atoms with Crippen LogP contribution in [0.2, 0.25) is 0 Å². The lowest BCUT2D eigenvalue weighted by atomic mass is 10.2. The van der Waals surface area contributed by atoms with Crippen LogP contribution in [0.15, 0.2) is 22.7 Å². The molecule has 0 radical (unpaired) electrons. The van der Waals surface area contributed by atoms with Gasteiger partial charge in [0.25, 0.3) is 0 Å². The molecule has 18 heavy (non-hydrogen) atoms. The predicted molar refractivity (Wildman–Crippen MR) is 77.9 cm³/mol. The number of aryl methyl sites for hydroxylation is 1. The molecule has 0 aliphatic carbocycles. The van der Waals surface area contributed by atoms with Crippen LogP contribution in [0.4, 0.5) is 10.5 Å². The minimum Gasteiger partial charge on any atom is -0.325 e. The van der Waals surface area contributed by atoms with Gasteiger partial charge in [0.2, 0.25) is 0 Å². The highest BCUT2D eigenvalue weighted by atomic mass is 79.9. The van der Waals surface area contributed by atoms with E-state index in [2.05, 4.69) is 21.2 Å². The van der Waals surface area contributed by atoms with Gasteiger partial charge in [-0.15, -0.1) is 0 Å². The first kappa shape index (κ1) is 13.4. The normalized spacial score (nSPS) is 16.2. The van der Waals surface area contributed by atoms with E-state index in [4.69, 9.17) is 0 Å². The summed E-state index contributed by atoms with van der Waals surface area (Å²) >= 11 is 3.48. The van der Waals surface area contributed by atoms with E-state index in [1.54, 1.807) is 0 Å². The molecule has 0 unspecified atom stereocenters. The van der Waals surface area contributed by atoms with Crippen molar-refractivity contribution < 1.29 is 4.79 Å². The summed E-state index contributed by atoms with van der Waals surface area (Å²) in [5, 5.41) is 2.98. The van der Waals surface area contributed by atoms with Crippen molar-refractivity contribution >= 4 is 27.6 Å². The number of carbonyl (C=O) groups excluding carboxylic acids is 1. The van der Waals surface area contributed by atoms with E-state index in [0.717, 1.165) is 36.1 Å². The average molecular weight is 311 g/mol. The number of halogens is 1. The van der Waals surface area contributed by atoms with Crippen LogP contribution in [0.25, 0.3) is 0 Å². The maximum atomic E-state index is 12.2. The van der Waals surface area contributed by atoms with Gasteiger partial charge in [0.15, 0.2) is 0 Å². The molecule has 1 aromatic rings. The lowest BCUT2D eigenvalue weighted by molar-refractivity contribution is 0.214. The lowest BCUT2D eigenvalue weighted by Crippen LogP contribution is -2.35. The topological polar surface area (TPSA) is 32.3 Å². The second-order valence-electron chi connectivity index (χ2n) is 4.81. The molecule has 1 aliphatic rings. The second kappa shape index (κ2) is 6.23. The summed E-state index contributed by atoms with van der Waals surface area (Å²) in [5.41, 5.74) is 2.02. The number of hydrogen-bond donors (Lipinski definition) is 1. The molecule has 0 aromatic heterocycles. The maximum absolute atomic E-state index is 12.2. The van der Waals surface area contributed by atoms with Crippen molar-refractivity contribution in [1.82, 2.24) is 4.90 Å². The summed E-state index contributed by atoms with van der Waals surface area (Å²) in [4.78, 5) is 14.1. The SMILES string of the molecule is Cc1ccc(NC(=O)N2CCCCCC2)c(Br)c1. The molecule has 0 spiro atoms. The zero-order chi connectivity index (χ0) is 13.0. The molecule has 1 aliphatic heterocycles. The van der Waals surface area contributed by atoms with Gasteiger partial charge in [-0.05, 0) is 53.4 Å². The third kappa shape index (κ3) is 3.48. The smallest absolute Gasteiger partial charge is 0.321 e. The van der Waals surface area contributed by atoms with Crippen molar-refractivity contribution in [2.45, 2.75) is 32.6 Å². The fourth-order valence-electron chi connectivity index (χ4n) is 2.19. The summed E-state index contributed by atoms with van der Waals surface area (Å²) in [6.07, 6.45) is 4.70. The molecule has 2 amide bonds. The molecule has 1 heterocycles. The largest absolute Gasteiger partial charge is 0.325 e. The number of nitrogens with one attached hydrogen (secondary N) is 1. The van der Waals surface area contributed by atoms with Crippen LogP contribution in [0.3, 0.4) is 0 Å². The van der Waals surface area contributed by atoms with Crippen molar-refractivity contribution in [2.24, 2.45) is 0 Å². The molecule has 0 bridgehead atoms. The summed E-state index contributed by atoms with van der Waals surface area (Å²) in [5.74, 6) is 0. The van der Waals surface area contributed by atoms with Crippen LogP contribution in [0.1, 0.15) is 31.2 Å². The number of nitrogens with zero attached hydrogens (tertiary/aromatic N) is 1. The van der Waals surface area contributed by atoms with E-state index in [1.807, 2.05) is 30.0 Å². The summed E-state index contributed by atoms with van der Waals surface area (Å²) in [6.45, 7) is 3.77. The van der Waals surface area contributed by atoms with Gasteiger partial charge >= 0.3 is 6.03 Å². The predicted octanol–water partition coefficient (Wildman–Crippen LogP) is 4.17. The summed E-state index contributed by atoms with van der Waals surface area (Å²) in [6, 6.07) is 5.97. The van der Waals surface area contributed by atoms with Crippen molar-refractivity contribution in [3.05, 3.63) is 28.2 Å². The third-order valence-electron chi connectivity index (χ3n) is 3.26. The van der Waals surface area contributed by atoms with Gasteiger partial charge in [0.1, 0.15) is 0 Å². The minimum absolute atomic E-state index is 0.0152. The maximum Gasteiger partial charge on any atom is 0.321 e. The first-order valence-corrected chi connectivity index (χ1v) is 7.28. The monoisotopic (exact) mass is 310 g/mol. The number of benzene rings is 1. The van der Waals surface area contributed by atoms with E-state index in [-0.39, 0.29) is 6.03 Å². The zero-order valence-corrected chi connectivity index (χ0v) is 12.3. The Balaban J connectivity index is 2.01. The Bertz CT molecular complexity index is 426. The number of carbonyl (C=O) groups is 1. The molecule has 4 heteroatoms. The fraction of sp³-hybridized carbons (Fsp3) is 0.500. The molecule has 0 atom stereocenters. The summed E-state index contributed by atoms with van der Waals surface area (Å²) < 4.78 is 0.936. The van der Waals surface area contributed by atoms with Gasteiger partial charge in [0.05, 0.1) is 5.69 Å². The average Bonchev–Trinajstić information content (AvgIpc) is 2.61. The van der Waals surface area contributed by atoms with Crippen molar-refractivity contribution in [1.29, 1.82) is 0 Å². The van der Waals surface area contributed by atoms with E-state index in [1.165, 1.54) is 18.4 Å². The number of rotatable bonds is 1. The fourth-order valence-corrected chi connectivity index (χ4v) is 2.78. The van der Waals surface area contributed by atoms with E-state index in [9.17, 15) is 4.79 Å². The Kier molecular flexibility index (Phi) is 4.64. The van der Waals surface area contributed by atoms with Gasteiger partial charge in [-0.2, -0.15) is 0 Å². The summed E-state index contributed by atoms with van der Waals surface area (Å²) in [7, 11) is 0. The highest BCUT2D eigenvalue weighted by Crippen LogP contribution is 2.24.